The van der Waals surface area contributed by atoms with Crippen molar-refractivity contribution in [1.29, 1.82) is 0 Å². The van der Waals surface area contributed by atoms with Gasteiger partial charge in [-0.15, -0.1) is 0 Å². The number of rotatable bonds is 4. The van der Waals surface area contributed by atoms with Crippen LogP contribution in [-0.4, -0.2) is 19.1 Å². The highest BCUT2D eigenvalue weighted by Crippen LogP contribution is 2.20. The van der Waals surface area contributed by atoms with Gasteiger partial charge in [0.05, 0.1) is 19.1 Å². The fourth-order valence-corrected chi connectivity index (χ4v) is 1.59. The molecule has 6 nitrogen and oxygen atoms in total. The third-order valence-electron chi connectivity index (χ3n) is 2.60. The molecule has 0 fully saturated rings. The van der Waals surface area contributed by atoms with E-state index in [4.69, 9.17) is 4.42 Å². The van der Waals surface area contributed by atoms with Crippen LogP contribution in [0.25, 0.3) is 6.08 Å². The van der Waals surface area contributed by atoms with E-state index in [-0.39, 0.29) is 5.69 Å². The second-order valence-electron chi connectivity index (χ2n) is 4.15. The Labute approximate surface area is 125 Å². The first-order valence-electron chi connectivity index (χ1n) is 6.25. The second-order valence-corrected chi connectivity index (χ2v) is 4.15. The van der Waals surface area contributed by atoms with E-state index in [9.17, 15) is 14.0 Å². The maximum Gasteiger partial charge on any atom is 0.411 e. The van der Waals surface area contributed by atoms with E-state index in [2.05, 4.69) is 15.4 Å². The number of ether oxygens (including phenoxy) is 1. The molecular formula is C15H13FN2O4. The van der Waals surface area contributed by atoms with Crippen molar-refractivity contribution in [3.63, 3.8) is 0 Å². The molecule has 2 N–H and O–H groups in total. The molecule has 2 rings (SSSR count). The molecule has 22 heavy (non-hydrogen) atoms. The van der Waals surface area contributed by atoms with E-state index in [1.807, 2.05) is 0 Å². The number of carbonyl (C=O) groups excluding carboxylic acids is 2. The molecule has 0 aliphatic carbocycles. The Morgan fingerprint density at radius 2 is 2.09 bits per heavy atom. The molecule has 1 heterocycles. The fraction of sp³-hybridized carbons (Fsp3) is 0.0667. The smallest absolute Gasteiger partial charge is 0.411 e. The van der Waals surface area contributed by atoms with Gasteiger partial charge in [-0.3, -0.25) is 10.1 Å². The molecule has 7 heteroatoms. The number of benzene rings is 1. The van der Waals surface area contributed by atoms with Gasteiger partial charge in [0.1, 0.15) is 11.6 Å². The summed E-state index contributed by atoms with van der Waals surface area (Å²) >= 11 is 0. The van der Waals surface area contributed by atoms with Crippen LogP contribution in [0.5, 0.6) is 0 Å². The van der Waals surface area contributed by atoms with Crippen LogP contribution in [0.4, 0.5) is 20.6 Å². The first kappa shape index (κ1) is 15.3. The van der Waals surface area contributed by atoms with E-state index in [0.29, 0.717) is 11.4 Å². The maximum absolute atomic E-state index is 13.5. The molecule has 0 saturated heterocycles. The highest BCUT2D eigenvalue weighted by atomic mass is 19.1. The largest absolute Gasteiger partial charge is 0.465 e. The average Bonchev–Trinajstić information content (AvgIpc) is 3.02. The summed E-state index contributed by atoms with van der Waals surface area (Å²) in [6.07, 6.45) is 3.45. The van der Waals surface area contributed by atoms with Crippen molar-refractivity contribution < 1.29 is 23.1 Å². The topological polar surface area (TPSA) is 80.6 Å². The van der Waals surface area contributed by atoms with Crippen LogP contribution in [0.2, 0.25) is 0 Å². The van der Waals surface area contributed by atoms with Crippen molar-refractivity contribution in [3.8, 4) is 0 Å². The summed E-state index contributed by atoms with van der Waals surface area (Å²) in [4.78, 5) is 22.8. The zero-order valence-electron chi connectivity index (χ0n) is 11.6. The van der Waals surface area contributed by atoms with Crippen molar-refractivity contribution in [2.24, 2.45) is 0 Å². The minimum atomic E-state index is -0.805. The molecule has 0 unspecified atom stereocenters. The molecule has 2 aromatic rings. The lowest BCUT2D eigenvalue weighted by atomic mass is 10.2. The fourth-order valence-electron chi connectivity index (χ4n) is 1.59. The number of hydrogen-bond donors (Lipinski definition) is 2. The summed E-state index contributed by atoms with van der Waals surface area (Å²) in [7, 11) is 1.16. The Balaban J connectivity index is 2.04. The van der Waals surface area contributed by atoms with Crippen LogP contribution in [-0.2, 0) is 9.53 Å². The van der Waals surface area contributed by atoms with Gasteiger partial charge in [-0.2, -0.15) is 0 Å². The Morgan fingerprint density at radius 1 is 1.27 bits per heavy atom. The molecule has 0 radical (unpaired) electrons. The predicted octanol–water partition coefficient (Wildman–Crippen LogP) is 3.25. The summed E-state index contributed by atoms with van der Waals surface area (Å²) in [6, 6.07) is 7.17. The lowest BCUT2D eigenvalue weighted by Gasteiger charge is -2.08. The molecule has 1 aromatic heterocycles. The quantitative estimate of drug-likeness (QED) is 0.850. The molecular weight excluding hydrogens is 291 g/mol. The van der Waals surface area contributed by atoms with E-state index in [1.54, 1.807) is 12.1 Å². The zero-order valence-corrected chi connectivity index (χ0v) is 11.6. The van der Waals surface area contributed by atoms with E-state index < -0.39 is 17.8 Å². The average molecular weight is 304 g/mol. The normalized spacial score (nSPS) is 10.5. The third kappa shape index (κ3) is 4.20. The van der Waals surface area contributed by atoms with Gasteiger partial charge in [-0.25, -0.2) is 9.18 Å². The minimum Gasteiger partial charge on any atom is -0.465 e. The first-order chi connectivity index (χ1) is 10.6. The van der Waals surface area contributed by atoms with Crippen molar-refractivity contribution >= 4 is 29.5 Å². The number of halogens is 1. The number of hydrogen-bond acceptors (Lipinski definition) is 4. The molecule has 0 saturated carbocycles. The van der Waals surface area contributed by atoms with Gasteiger partial charge in [0.25, 0.3) is 0 Å². The summed E-state index contributed by atoms with van der Waals surface area (Å²) in [6.45, 7) is 0. The Morgan fingerprint density at radius 3 is 2.77 bits per heavy atom. The summed E-state index contributed by atoms with van der Waals surface area (Å²) in [5, 5.41) is 4.74. The van der Waals surface area contributed by atoms with E-state index in [1.165, 1.54) is 30.5 Å². The number of amides is 2. The Bertz CT molecular complexity index is 696. The van der Waals surface area contributed by atoms with Crippen molar-refractivity contribution in [2.75, 3.05) is 17.7 Å². The summed E-state index contributed by atoms with van der Waals surface area (Å²) < 4.78 is 23.0. The molecule has 0 spiro atoms. The highest BCUT2D eigenvalue weighted by Gasteiger charge is 2.08. The predicted molar refractivity (Wildman–Crippen MR) is 78.8 cm³/mol. The molecule has 0 atom stereocenters. The highest BCUT2D eigenvalue weighted by molar-refractivity contribution is 6.02. The molecule has 0 aliphatic heterocycles. The second kappa shape index (κ2) is 7.07. The van der Waals surface area contributed by atoms with Crippen molar-refractivity contribution in [2.45, 2.75) is 0 Å². The van der Waals surface area contributed by atoms with Gasteiger partial charge in [0.15, 0.2) is 0 Å². The standard InChI is InChI=1S/C15H13FN2O4/c1-21-15(20)18-13-9-10(4-6-12(13)16)17-14(19)7-5-11-3-2-8-22-11/h2-9H,1H3,(H,17,19)(H,18,20). The molecule has 114 valence electrons. The SMILES string of the molecule is COC(=O)Nc1cc(NC(=O)C=Cc2ccco2)ccc1F. The van der Waals surface area contributed by atoms with Gasteiger partial charge in [0, 0.05) is 11.8 Å². The Hall–Kier alpha value is -3.09. The lowest BCUT2D eigenvalue weighted by molar-refractivity contribution is -0.111. The summed E-state index contributed by atoms with van der Waals surface area (Å²) in [5.74, 6) is -0.538. The van der Waals surface area contributed by atoms with Crippen LogP contribution in [0.15, 0.2) is 47.1 Å². The number of nitrogens with one attached hydrogen (secondary N) is 2. The van der Waals surface area contributed by atoms with Crippen LogP contribution < -0.4 is 10.6 Å². The number of carbonyl (C=O) groups is 2. The van der Waals surface area contributed by atoms with Crippen LogP contribution in [0.3, 0.4) is 0 Å². The van der Waals surface area contributed by atoms with Gasteiger partial charge in [-0.05, 0) is 36.4 Å². The number of methoxy groups -OCH3 is 1. The minimum absolute atomic E-state index is 0.0975. The van der Waals surface area contributed by atoms with Crippen LogP contribution in [0, 0.1) is 5.82 Å². The zero-order chi connectivity index (χ0) is 15.9. The van der Waals surface area contributed by atoms with Crippen molar-refractivity contribution in [1.82, 2.24) is 0 Å². The molecule has 0 aliphatic rings. The number of furan rings is 1. The monoisotopic (exact) mass is 304 g/mol. The van der Waals surface area contributed by atoms with Gasteiger partial charge in [0.2, 0.25) is 5.91 Å². The van der Waals surface area contributed by atoms with Crippen LogP contribution in [0.1, 0.15) is 5.76 Å². The van der Waals surface area contributed by atoms with Crippen molar-refractivity contribution in [3.05, 3.63) is 54.2 Å². The molecule has 0 bridgehead atoms. The third-order valence-corrected chi connectivity index (χ3v) is 2.60. The van der Waals surface area contributed by atoms with E-state index >= 15 is 0 Å². The maximum atomic E-state index is 13.5. The van der Waals surface area contributed by atoms with Gasteiger partial charge >= 0.3 is 6.09 Å². The van der Waals surface area contributed by atoms with Gasteiger partial charge in [-0.1, -0.05) is 0 Å². The molecule has 1 aromatic carbocycles. The van der Waals surface area contributed by atoms with Crippen LogP contribution >= 0.6 is 0 Å². The summed E-state index contributed by atoms with van der Waals surface area (Å²) in [5.41, 5.74) is 0.224. The number of anilines is 2. The van der Waals surface area contributed by atoms with Gasteiger partial charge < -0.3 is 14.5 Å². The van der Waals surface area contributed by atoms with E-state index in [0.717, 1.165) is 13.2 Å². The lowest BCUT2D eigenvalue weighted by Crippen LogP contribution is -2.13. The Kier molecular flexibility index (Phi) is 4.92. The first-order valence-corrected chi connectivity index (χ1v) is 6.25. The molecule has 2 amide bonds.